The first kappa shape index (κ1) is 13.8. The number of hydrogen-bond donors (Lipinski definition) is 1. The molecule has 0 aromatic rings. The van der Waals surface area contributed by atoms with E-state index >= 15 is 0 Å². The van der Waals surface area contributed by atoms with Gasteiger partial charge in [0.2, 0.25) is 0 Å². The number of carbonyl (C=O) groups is 1. The smallest absolute Gasteiger partial charge is 0.327 e. The number of carbonyl (C=O) groups excluding carboxylic acids is 1. The average molecular weight is 245 g/mol. The minimum absolute atomic E-state index is 0.0668. The van der Waals surface area contributed by atoms with Crippen LogP contribution in [0.3, 0.4) is 0 Å². The maximum absolute atomic E-state index is 12.0. The van der Waals surface area contributed by atoms with Gasteiger partial charge in [-0.15, -0.1) is 0 Å². The zero-order chi connectivity index (χ0) is 12.0. The molecular formula is C12H23NO2S. The lowest BCUT2D eigenvalue weighted by Gasteiger charge is -2.36. The van der Waals surface area contributed by atoms with Crippen LogP contribution in [0.4, 0.5) is 0 Å². The maximum atomic E-state index is 12.0. The van der Waals surface area contributed by atoms with Gasteiger partial charge in [-0.3, -0.25) is 4.79 Å². The topological polar surface area (TPSA) is 38.3 Å². The summed E-state index contributed by atoms with van der Waals surface area (Å²) >= 11 is 1.84. The number of nitrogens with one attached hydrogen (secondary N) is 1. The first-order chi connectivity index (χ1) is 7.60. The molecule has 0 aliphatic carbocycles. The number of ether oxygens (including phenoxy) is 1. The van der Waals surface area contributed by atoms with Crippen LogP contribution in [0.25, 0.3) is 0 Å². The van der Waals surface area contributed by atoms with Crippen molar-refractivity contribution in [2.24, 2.45) is 5.92 Å². The lowest BCUT2D eigenvalue weighted by atomic mass is 9.94. The van der Waals surface area contributed by atoms with Crippen molar-refractivity contribution in [1.29, 1.82) is 0 Å². The predicted octanol–water partition coefficient (Wildman–Crippen LogP) is 2.06. The molecule has 1 saturated heterocycles. The van der Waals surface area contributed by atoms with Gasteiger partial charge in [-0.25, -0.2) is 0 Å². The van der Waals surface area contributed by atoms with Gasteiger partial charge in [0.15, 0.2) is 0 Å². The molecule has 0 aromatic carbocycles. The van der Waals surface area contributed by atoms with Crippen LogP contribution in [0.1, 0.15) is 33.6 Å². The number of esters is 1. The molecule has 1 aliphatic rings. The molecule has 1 N–H and O–H groups in total. The summed E-state index contributed by atoms with van der Waals surface area (Å²) < 4.78 is 5.20. The molecule has 1 rings (SSSR count). The minimum atomic E-state index is -0.427. The highest BCUT2D eigenvalue weighted by molar-refractivity contribution is 7.99. The van der Waals surface area contributed by atoms with Crippen molar-refractivity contribution in [2.75, 3.05) is 24.7 Å². The Kier molecular flexibility index (Phi) is 5.62. The summed E-state index contributed by atoms with van der Waals surface area (Å²) in [6.45, 7) is 7.52. The van der Waals surface area contributed by atoms with Crippen LogP contribution in [-0.4, -0.2) is 36.2 Å². The fourth-order valence-electron chi connectivity index (χ4n) is 1.84. The second-order valence-corrected chi connectivity index (χ2v) is 5.84. The molecule has 1 unspecified atom stereocenters. The molecular weight excluding hydrogens is 222 g/mol. The maximum Gasteiger partial charge on any atom is 0.327 e. The van der Waals surface area contributed by atoms with E-state index in [1.807, 2.05) is 18.7 Å². The predicted molar refractivity (Wildman–Crippen MR) is 68.8 cm³/mol. The fourth-order valence-corrected chi connectivity index (χ4v) is 3.04. The van der Waals surface area contributed by atoms with E-state index in [1.54, 1.807) is 0 Å². The van der Waals surface area contributed by atoms with Gasteiger partial charge in [0, 0.05) is 5.75 Å². The molecule has 0 spiro atoms. The van der Waals surface area contributed by atoms with Gasteiger partial charge in [-0.1, -0.05) is 13.8 Å². The molecule has 16 heavy (non-hydrogen) atoms. The SMILES string of the molecule is CCOC(=O)C1(NCC(C)C)CCCSC1. The van der Waals surface area contributed by atoms with Gasteiger partial charge in [0.25, 0.3) is 0 Å². The van der Waals surface area contributed by atoms with E-state index < -0.39 is 5.54 Å². The summed E-state index contributed by atoms with van der Waals surface area (Å²) in [7, 11) is 0. The molecule has 1 atom stereocenters. The first-order valence-electron chi connectivity index (χ1n) is 6.10. The standard InChI is InChI=1S/C12H23NO2S/c1-4-15-11(14)12(13-8-10(2)3)6-5-7-16-9-12/h10,13H,4-9H2,1-3H3. The Hall–Kier alpha value is -0.220. The Balaban J connectivity index is 2.62. The van der Waals surface area contributed by atoms with E-state index in [2.05, 4.69) is 19.2 Å². The molecule has 1 aliphatic heterocycles. The molecule has 94 valence electrons. The monoisotopic (exact) mass is 245 g/mol. The van der Waals surface area contributed by atoms with Crippen LogP contribution in [0.15, 0.2) is 0 Å². The summed E-state index contributed by atoms with van der Waals surface area (Å²) in [6.07, 6.45) is 2.00. The third-order valence-corrected chi connectivity index (χ3v) is 4.03. The lowest BCUT2D eigenvalue weighted by molar-refractivity contribution is -0.150. The van der Waals surface area contributed by atoms with Crippen molar-refractivity contribution in [3.8, 4) is 0 Å². The zero-order valence-electron chi connectivity index (χ0n) is 10.5. The third-order valence-electron chi connectivity index (χ3n) is 2.76. The molecule has 3 nitrogen and oxygen atoms in total. The van der Waals surface area contributed by atoms with E-state index in [9.17, 15) is 4.79 Å². The number of rotatable bonds is 5. The van der Waals surface area contributed by atoms with Gasteiger partial charge in [-0.2, -0.15) is 11.8 Å². The average Bonchev–Trinajstić information content (AvgIpc) is 2.28. The van der Waals surface area contributed by atoms with E-state index in [0.29, 0.717) is 12.5 Å². The zero-order valence-corrected chi connectivity index (χ0v) is 11.4. The van der Waals surface area contributed by atoms with Crippen LogP contribution in [0.5, 0.6) is 0 Å². The summed E-state index contributed by atoms with van der Waals surface area (Å²) in [5.74, 6) is 2.49. The summed E-state index contributed by atoms with van der Waals surface area (Å²) in [4.78, 5) is 12.0. The quantitative estimate of drug-likeness (QED) is 0.753. The van der Waals surface area contributed by atoms with Gasteiger partial charge in [0.05, 0.1) is 6.61 Å². The Labute approximate surface area is 103 Å². The Bertz CT molecular complexity index is 225. The van der Waals surface area contributed by atoms with Crippen LogP contribution in [0.2, 0.25) is 0 Å². The fraction of sp³-hybridized carbons (Fsp3) is 0.917. The van der Waals surface area contributed by atoms with Crippen LogP contribution in [0, 0.1) is 5.92 Å². The van der Waals surface area contributed by atoms with Crippen molar-refractivity contribution < 1.29 is 9.53 Å². The largest absolute Gasteiger partial charge is 0.465 e. The summed E-state index contributed by atoms with van der Waals surface area (Å²) in [5, 5.41) is 3.42. The highest BCUT2D eigenvalue weighted by Crippen LogP contribution is 2.28. The second-order valence-electron chi connectivity index (χ2n) is 4.73. The molecule has 4 heteroatoms. The Morgan fingerprint density at radius 3 is 2.81 bits per heavy atom. The highest BCUT2D eigenvalue weighted by atomic mass is 32.2. The number of thioether (sulfide) groups is 1. The first-order valence-corrected chi connectivity index (χ1v) is 7.26. The molecule has 0 amide bonds. The normalized spacial score (nSPS) is 25.8. The van der Waals surface area contributed by atoms with E-state index in [0.717, 1.165) is 30.9 Å². The van der Waals surface area contributed by atoms with Crippen LogP contribution < -0.4 is 5.32 Å². The minimum Gasteiger partial charge on any atom is -0.465 e. The van der Waals surface area contributed by atoms with Crippen LogP contribution >= 0.6 is 11.8 Å². The Morgan fingerprint density at radius 2 is 2.31 bits per heavy atom. The van der Waals surface area contributed by atoms with Gasteiger partial charge in [0.1, 0.15) is 5.54 Å². The van der Waals surface area contributed by atoms with Crippen molar-refractivity contribution >= 4 is 17.7 Å². The highest BCUT2D eigenvalue weighted by Gasteiger charge is 2.40. The van der Waals surface area contributed by atoms with E-state index in [4.69, 9.17) is 4.74 Å². The molecule has 1 heterocycles. The summed E-state index contributed by atoms with van der Waals surface area (Å²) in [6, 6.07) is 0. The molecule has 0 saturated carbocycles. The molecule has 1 fully saturated rings. The lowest BCUT2D eigenvalue weighted by Crippen LogP contribution is -2.57. The van der Waals surface area contributed by atoms with Crippen LogP contribution in [-0.2, 0) is 9.53 Å². The molecule has 0 bridgehead atoms. The molecule has 0 radical (unpaired) electrons. The Morgan fingerprint density at radius 1 is 1.56 bits per heavy atom. The number of hydrogen-bond acceptors (Lipinski definition) is 4. The van der Waals surface area contributed by atoms with E-state index in [-0.39, 0.29) is 5.97 Å². The van der Waals surface area contributed by atoms with Gasteiger partial charge >= 0.3 is 5.97 Å². The molecule has 0 aromatic heterocycles. The van der Waals surface area contributed by atoms with Crippen molar-refractivity contribution in [1.82, 2.24) is 5.32 Å². The summed E-state index contributed by atoms with van der Waals surface area (Å²) in [5.41, 5.74) is -0.427. The van der Waals surface area contributed by atoms with E-state index in [1.165, 1.54) is 0 Å². The van der Waals surface area contributed by atoms with Crippen molar-refractivity contribution in [2.45, 2.75) is 39.2 Å². The third kappa shape index (κ3) is 3.67. The van der Waals surface area contributed by atoms with Gasteiger partial charge in [-0.05, 0) is 38.0 Å². The van der Waals surface area contributed by atoms with Gasteiger partial charge < -0.3 is 10.1 Å². The second kappa shape index (κ2) is 6.50. The van der Waals surface area contributed by atoms with Crippen molar-refractivity contribution in [3.05, 3.63) is 0 Å². The van der Waals surface area contributed by atoms with Crippen molar-refractivity contribution in [3.63, 3.8) is 0 Å².